The molecule has 0 radical (unpaired) electrons. The Bertz CT molecular complexity index is 1240. The van der Waals surface area contributed by atoms with Crippen LogP contribution in [0.5, 0.6) is 11.5 Å². The van der Waals surface area contributed by atoms with Crippen LogP contribution in [-0.4, -0.2) is 17.8 Å². The van der Waals surface area contributed by atoms with Gasteiger partial charge in [-0.15, -0.1) is 0 Å². The van der Waals surface area contributed by atoms with Crippen molar-refractivity contribution in [2.75, 3.05) is 12.1 Å². The average Bonchev–Trinajstić information content (AvgIpc) is 3.49. The average molecular weight is 457 g/mol. The molecule has 0 bridgehead atoms. The Labute approximate surface area is 189 Å². The highest BCUT2D eigenvalue weighted by molar-refractivity contribution is 6.02. The van der Waals surface area contributed by atoms with E-state index in [1.54, 1.807) is 42.5 Å². The van der Waals surface area contributed by atoms with Crippen LogP contribution in [0.15, 0.2) is 60.7 Å². The van der Waals surface area contributed by atoms with E-state index in [2.05, 4.69) is 5.32 Å². The Morgan fingerprint density at radius 2 is 1.79 bits per heavy atom. The first kappa shape index (κ1) is 21.3. The molecule has 0 saturated heterocycles. The van der Waals surface area contributed by atoms with E-state index in [0.717, 1.165) is 17.7 Å². The van der Waals surface area contributed by atoms with Gasteiger partial charge >= 0.3 is 6.18 Å². The van der Waals surface area contributed by atoms with Gasteiger partial charge in [-0.05, 0) is 71.5 Å². The fraction of sp³-hybridized carbons (Fsp3) is 0.240. The monoisotopic (exact) mass is 457 g/mol. The third-order valence-electron chi connectivity index (χ3n) is 6.07. The summed E-state index contributed by atoms with van der Waals surface area (Å²) in [6, 6.07) is 15.4. The van der Waals surface area contributed by atoms with Gasteiger partial charge in [-0.2, -0.15) is 13.2 Å². The number of carbonyl (C=O) groups is 1. The second-order valence-corrected chi connectivity index (χ2v) is 8.26. The SMILES string of the molecule is O=C(Nc1cc(-c2cccc(CO)c2)cc(C(F)(F)F)c1)C1(c2ccc3c(c2)OCO3)CC1.[HH]. The number of fused-ring (bicyclic) bond motifs is 1. The lowest BCUT2D eigenvalue weighted by atomic mass is 9.94. The molecule has 0 aromatic heterocycles. The molecule has 2 N–H and O–H groups in total. The minimum atomic E-state index is -4.58. The summed E-state index contributed by atoms with van der Waals surface area (Å²) in [4.78, 5) is 13.2. The number of benzene rings is 3. The van der Waals surface area contributed by atoms with Crippen molar-refractivity contribution in [3.63, 3.8) is 0 Å². The number of hydrogen-bond acceptors (Lipinski definition) is 4. The lowest BCUT2D eigenvalue weighted by Crippen LogP contribution is -2.28. The van der Waals surface area contributed by atoms with Gasteiger partial charge in [0.2, 0.25) is 12.7 Å². The molecular weight excluding hydrogens is 435 g/mol. The summed E-state index contributed by atoms with van der Waals surface area (Å²) in [5, 5.41) is 12.1. The molecule has 172 valence electrons. The van der Waals surface area contributed by atoms with Gasteiger partial charge in [0.15, 0.2) is 11.5 Å². The Morgan fingerprint density at radius 1 is 1.00 bits per heavy atom. The predicted octanol–water partition coefficient (Wildman–Crippen LogP) is 5.51. The van der Waals surface area contributed by atoms with Gasteiger partial charge in [0.1, 0.15) is 0 Å². The number of rotatable bonds is 5. The normalized spacial score (nSPS) is 15.9. The van der Waals surface area contributed by atoms with Crippen LogP contribution >= 0.6 is 0 Å². The second kappa shape index (κ2) is 7.81. The van der Waals surface area contributed by atoms with Gasteiger partial charge in [-0.1, -0.05) is 24.3 Å². The summed E-state index contributed by atoms with van der Waals surface area (Å²) in [6.45, 7) is -0.114. The highest BCUT2D eigenvalue weighted by atomic mass is 19.4. The van der Waals surface area contributed by atoms with Gasteiger partial charge in [0.05, 0.1) is 17.6 Å². The van der Waals surface area contributed by atoms with Crippen molar-refractivity contribution < 1.29 is 34.0 Å². The molecule has 1 heterocycles. The number of halogens is 3. The van der Waals surface area contributed by atoms with Crippen molar-refractivity contribution >= 4 is 11.6 Å². The maximum Gasteiger partial charge on any atom is 0.416 e. The van der Waals surface area contributed by atoms with Crippen molar-refractivity contribution in [2.45, 2.75) is 31.0 Å². The molecule has 0 unspecified atom stereocenters. The third kappa shape index (κ3) is 4.02. The molecule has 1 aliphatic carbocycles. The molecule has 8 heteroatoms. The van der Waals surface area contributed by atoms with Gasteiger partial charge in [-0.25, -0.2) is 0 Å². The van der Waals surface area contributed by atoms with Crippen LogP contribution in [-0.2, 0) is 23.0 Å². The van der Waals surface area contributed by atoms with Gasteiger partial charge < -0.3 is 19.9 Å². The molecule has 0 atom stereocenters. The fourth-order valence-corrected chi connectivity index (χ4v) is 4.10. The molecule has 1 saturated carbocycles. The summed E-state index contributed by atoms with van der Waals surface area (Å²) in [5.41, 5.74) is 0.515. The van der Waals surface area contributed by atoms with Crippen molar-refractivity contribution in [3.8, 4) is 22.6 Å². The van der Waals surface area contributed by atoms with Gasteiger partial charge in [-0.3, -0.25) is 4.79 Å². The first-order valence-corrected chi connectivity index (χ1v) is 10.4. The zero-order valence-corrected chi connectivity index (χ0v) is 17.4. The molecule has 1 fully saturated rings. The summed E-state index contributed by atoms with van der Waals surface area (Å²) in [7, 11) is 0. The van der Waals surface area contributed by atoms with Crippen molar-refractivity contribution in [3.05, 3.63) is 77.4 Å². The number of alkyl halides is 3. The zero-order valence-electron chi connectivity index (χ0n) is 17.4. The number of anilines is 1. The van der Waals surface area contributed by atoms with E-state index in [1.165, 1.54) is 6.07 Å². The number of ether oxygens (including phenoxy) is 2. The Balaban J connectivity index is 0.00000274. The predicted molar refractivity (Wildman–Crippen MR) is 117 cm³/mol. The van der Waals surface area contributed by atoms with Crippen LogP contribution in [0.2, 0.25) is 0 Å². The van der Waals surface area contributed by atoms with Gasteiger partial charge in [0, 0.05) is 7.11 Å². The minimum absolute atomic E-state index is 0. The molecule has 5 rings (SSSR count). The molecule has 2 aliphatic rings. The number of hydrogen-bond donors (Lipinski definition) is 2. The van der Waals surface area contributed by atoms with E-state index in [9.17, 15) is 23.1 Å². The van der Waals surface area contributed by atoms with Crippen LogP contribution in [0.25, 0.3) is 11.1 Å². The van der Waals surface area contributed by atoms with E-state index >= 15 is 0 Å². The van der Waals surface area contributed by atoms with Crippen LogP contribution in [0.3, 0.4) is 0 Å². The number of carbonyl (C=O) groups excluding carboxylic acids is 1. The topological polar surface area (TPSA) is 67.8 Å². The highest BCUT2D eigenvalue weighted by Gasteiger charge is 2.51. The Morgan fingerprint density at radius 3 is 2.52 bits per heavy atom. The van der Waals surface area contributed by atoms with E-state index < -0.39 is 17.2 Å². The first-order valence-electron chi connectivity index (χ1n) is 10.4. The number of amides is 1. The lowest BCUT2D eigenvalue weighted by Gasteiger charge is -2.18. The van der Waals surface area contributed by atoms with Crippen LogP contribution < -0.4 is 14.8 Å². The Kier molecular flexibility index (Phi) is 5.05. The second-order valence-electron chi connectivity index (χ2n) is 8.26. The largest absolute Gasteiger partial charge is 0.454 e. The van der Waals surface area contributed by atoms with Crippen molar-refractivity contribution in [1.29, 1.82) is 0 Å². The quantitative estimate of drug-likeness (QED) is 0.530. The molecule has 0 spiro atoms. The lowest BCUT2D eigenvalue weighted by molar-refractivity contribution is -0.137. The minimum Gasteiger partial charge on any atom is -0.454 e. The highest BCUT2D eigenvalue weighted by Crippen LogP contribution is 2.51. The summed E-state index contributed by atoms with van der Waals surface area (Å²) < 4.78 is 51.5. The van der Waals surface area contributed by atoms with Crippen molar-refractivity contribution in [2.24, 2.45) is 0 Å². The van der Waals surface area contributed by atoms with Gasteiger partial charge in [0.25, 0.3) is 0 Å². The van der Waals surface area contributed by atoms with Crippen LogP contribution in [0.1, 0.15) is 31.0 Å². The summed E-state index contributed by atoms with van der Waals surface area (Å²) in [6.07, 6.45) is -3.41. The number of aliphatic hydroxyl groups excluding tert-OH is 1. The zero-order chi connectivity index (χ0) is 23.2. The molecule has 3 aromatic rings. The van der Waals surface area contributed by atoms with E-state index in [0.29, 0.717) is 41.0 Å². The van der Waals surface area contributed by atoms with E-state index in [-0.39, 0.29) is 26.4 Å². The fourth-order valence-electron chi connectivity index (χ4n) is 4.10. The van der Waals surface area contributed by atoms with Crippen LogP contribution in [0, 0.1) is 0 Å². The van der Waals surface area contributed by atoms with Crippen LogP contribution in [0.4, 0.5) is 18.9 Å². The molecular formula is C25H22F3NO4. The van der Waals surface area contributed by atoms with E-state index in [1.807, 2.05) is 0 Å². The molecule has 33 heavy (non-hydrogen) atoms. The summed E-state index contributed by atoms with van der Waals surface area (Å²) in [5.74, 6) is 0.787. The molecule has 1 amide bonds. The maximum absolute atomic E-state index is 13.6. The number of nitrogens with one attached hydrogen (secondary N) is 1. The molecule has 5 nitrogen and oxygen atoms in total. The van der Waals surface area contributed by atoms with E-state index in [4.69, 9.17) is 9.47 Å². The Hall–Kier alpha value is -3.52. The summed E-state index contributed by atoms with van der Waals surface area (Å²) >= 11 is 0. The smallest absolute Gasteiger partial charge is 0.416 e. The maximum atomic E-state index is 13.6. The molecule has 3 aromatic carbocycles. The standard InChI is InChI=1S/C25H20F3NO4.H2/c26-25(27,28)19-9-17(16-3-1-2-15(8-16)13-30)10-20(11-19)29-23(31)24(6-7-24)18-4-5-21-22(12-18)33-14-32-21;/h1-5,8-12,30H,6-7,13-14H2,(H,29,31);1H. The van der Waals surface area contributed by atoms with Crippen molar-refractivity contribution in [1.82, 2.24) is 0 Å². The third-order valence-corrected chi connectivity index (χ3v) is 6.07. The molecule has 1 aliphatic heterocycles. The number of aliphatic hydroxyl groups is 1. The first-order chi connectivity index (χ1) is 15.8.